The zero-order valence-corrected chi connectivity index (χ0v) is 12.4. The van der Waals surface area contributed by atoms with Crippen LogP contribution >= 0.6 is 38.5 Å². The van der Waals surface area contributed by atoms with Gasteiger partial charge in [-0.25, -0.2) is 4.39 Å². The Hall–Kier alpha value is -0.820. The van der Waals surface area contributed by atoms with Crippen molar-refractivity contribution < 1.29 is 4.39 Å². The molecule has 0 amide bonds. The fourth-order valence-corrected chi connectivity index (χ4v) is 2.09. The fourth-order valence-electron chi connectivity index (χ4n) is 1.38. The van der Waals surface area contributed by atoms with Crippen molar-refractivity contribution in [1.29, 1.82) is 0 Å². The molecule has 0 saturated heterocycles. The van der Waals surface area contributed by atoms with Gasteiger partial charge in [0, 0.05) is 13.7 Å². The third-order valence-corrected chi connectivity index (χ3v) is 4.55. The molecule has 5 heteroatoms. The lowest BCUT2D eigenvalue weighted by atomic mass is 10.2. The van der Waals surface area contributed by atoms with E-state index in [9.17, 15) is 4.39 Å². The topological polar surface area (TPSA) is 38.0 Å². The van der Waals surface area contributed by atoms with Crippen LogP contribution in [-0.2, 0) is 0 Å². The molecule has 0 radical (unpaired) electrons. The summed E-state index contributed by atoms with van der Waals surface area (Å²) in [5.41, 5.74) is 7.70. The Morgan fingerprint density at radius 2 is 1.94 bits per heavy atom. The van der Waals surface area contributed by atoms with Crippen molar-refractivity contribution in [1.82, 2.24) is 0 Å². The van der Waals surface area contributed by atoms with Gasteiger partial charge in [0.15, 0.2) is 0 Å². The molecule has 0 aliphatic carbocycles. The molecule has 0 unspecified atom stereocenters. The molecule has 0 saturated carbocycles. The minimum Gasteiger partial charge on any atom is -0.397 e. The van der Waals surface area contributed by atoms with Crippen molar-refractivity contribution in [2.45, 2.75) is 0 Å². The van der Waals surface area contributed by atoms with E-state index in [-0.39, 0.29) is 5.82 Å². The average molecular weight is 407 g/mol. The van der Waals surface area contributed by atoms with Crippen LogP contribution in [0.5, 0.6) is 0 Å². The Bertz CT molecular complexity index is 560. The first-order valence-electron chi connectivity index (χ1n) is 4.83. The summed E-state index contributed by atoms with van der Waals surface area (Å²) < 4.78 is 15.0. The second-order valence-electron chi connectivity index (χ2n) is 3.49. The number of hydrogen-bond acceptors (Lipinski definition) is 2. The van der Waals surface area contributed by atoms with Crippen LogP contribution in [0.25, 0.3) is 0 Å². The Balaban J connectivity index is 2.28. The van der Waals surface area contributed by atoms with Gasteiger partial charge >= 0.3 is 0 Å². The largest absolute Gasteiger partial charge is 0.397 e. The maximum Gasteiger partial charge on any atom is 0.125 e. The molecule has 2 aromatic rings. The van der Waals surface area contributed by atoms with Crippen molar-refractivity contribution >= 4 is 55.6 Å². The molecular weight excluding hydrogens is 398 g/mol. The summed E-state index contributed by atoms with van der Waals surface area (Å²) in [6.45, 7) is 0. The summed E-state index contributed by atoms with van der Waals surface area (Å²) in [5, 5.41) is 3.14. The van der Waals surface area contributed by atoms with Crippen molar-refractivity contribution in [3.8, 4) is 0 Å². The van der Waals surface area contributed by atoms with Crippen molar-refractivity contribution in [2.24, 2.45) is 0 Å². The molecule has 88 valence electrons. The molecule has 0 aliphatic heterocycles. The minimum absolute atomic E-state index is 0.336. The van der Waals surface area contributed by atoms with Gasteiger partial charge < -0.3 is 11.1 Å². The first kappa shape index (κ1) is 12.6. The van der Waals surface area contributed by atoms with Gasteiger partial charge in [0.1, 0.15) is 5.82 Å². The fraction of sp³-hybridized carbons (Fsp3) is 0. The maximum absolute atomic E-state index is 12.9. The van der Waals surface area contributed by atoms with E-state index in [0.717, 1.165) is 13.7 Å². The molecule has 17 heavy (non-hydrogen) atoms. The lowest BCUT2D eigenvalue weighted by Gasteiger charge is -2.10. The van der Waals surface area contributed by atoms with E-state index >= 15 is 0 Å². The van der Waals surface area contributed by atoms with Gasteiger partial charge in [-0.3, -0.25) is 0 Å². The molecule has 2 aromatic carbocycles. The van der Waals surface area contributed by atoms with E-state index < -0.39 is 0 Å². The number of halogens is 3. The third kappa shape index (κ3) is 3.10. The predicted octanol–water partition coefficient (Wildman–Crippen LogP) is 4.52. The monoisotopic (exact) mass is 406 g/mol. The average Bonchev–Trinajstić information content (AvgIpc) is 2.27. The summed E-state index contributed by atoms with van der Waals surface area (Å²) in [6.07, 6.45) is 0. The smallest absolute Gasteiger partial charge is 0.125 e. The summed E-state index contributed by atoms with van der Waals surface area (Å²) in [4.78, 5) is 0. The molecule has 0 heterocycles. The van der Waals surface area contributed by atoms with Crippen LogP contribution in [0.3, 0.4) is 0 Å². The normalized spacial score (nSPS) is 10.3. The molecule has 2 rings (SSSR count). The number of rotatable bonds is 2. The maximum atomic E-state index is 12.9. The van der Waals surface area contributed by atoms with Crippen LogP contribution in [0.1, 0.15) is 0 Å². The van der Waals surface area contributed by atoms with Crippen LogP contribution < -0.4 is 11.1 Å². The first-order chi connectivity index (χ1) is 8.06. The standard InChI is InChI=1S/C12H9BrFIN2/c13-9-6-8(2-3-10(9)15)17-12-4-1-7(14)5-11(12)16/h1-6,17H,16H2. The highest BCUT2D eigenvalue weighted by Crippen LogP contribution is 2.27. The highest BCUT2D eigenvalue weighted by molar-refractivity contribution is 14.1. The zero-order chi connectivity index (χ0) is 12.4. The summed E-state index contributed by atoms with van der Waals surface area (Å²) in [6, 6.07) is 10.2. The van der Waals surface area contributed by atoms with Crippen LogP contribution in [0.4, 0.5) is 21.5 Å². The molecule has 0 spiro atoms. The molecule has 0 atom stereocenters. The predicted molar refractivity (Wildman–Crippen MR) is 81.0 cm³/mol. The van der Waals surface area contributed by atoms with Gasteiger partial charge in [0.2, 0.25) is 0 Å². The van der Waals surface area contributed by atoms with Crippen LogP contribution in [0, 0.1) is 9.39 Å². The Kier molecular flexibility index (Phi) is 3.88. The molecule has 0 fully saturated rings. The van der Waals surface area contributed by atoms with Crippen LogP contribution in [-0.4, -0.2) is 0 Å². The van der Waals surface area contributed by atoms with Crippen LogP contribution in [0.2, 0.25) is 0 Å². The van der Waals surface area contributed by atoms with Crippen molar-refractivity contribution in [3.05, 3.63) is 50.3 Å². The quantitative estimate of drug-likeness (QED) is 0.568. The number of benzene rings is 2. The van der Waals surface area contributed by atoms with Gasteiger partial charge in [0.25, 0.3) is 0 Å². The first-order valence-corrected chi connectivity index (χ1v) is 6.70. The number of nitrogens with one attached hydrogen (secondary N) is 1. The summed E-state index contributed by atoms with van der Waals surface area (Å²) >= 11 is 5.68. The molecule has 2 nitrogen and oxygen atoms in total. The second kappa shape index (κ2) is 5.22. The van der Waals surface area contributed by atoms with Gasteiger partial charge in [-0.2, -0.15) is 0 Å². The van der Waals surface area contributed by atoms with Gasteiger partial charge in [-0.15, -0.1) is 0 Å². The highest BCUT2D eigenvalue weighted by Gasteiger charge is 2.03. The molecule has 0 aromatic heterocycles. The van der Waals surface area contributed by atoms with Crippen LogP contribution in [0.15, 0.2) is 40.9 Å². The molecule has 3 N–H and O–H groups in total. The van der Waals surface area contributed by atoms with Gasteiger partial charge in [-0.1, -0.05) is 0 Å². The Morgan fingerprint density at radius 3 is 2.59 bits per heavy atom. The van der Waals surface area contributed by atoms with Crippen molar-refractivity contribution in [2.75, 3.05) is 11.1 Å². The summed E-state index contributed by atoms with van der Waals surface area (Å²) in [7, 11) is 0. The van der Waals surface area contributed by atoms with Gasteiger partial charge in [-0.05, 0) is 74.9 Å². The Labute approximate surface area is 121 Å². The SMILES string of the molecule is Nc1cc(F)ccc1Nc1ccc(I)c(Br)c1. The van der Waals surface area contributed by atoms with E-state index in [0.29, 0.717) is 11.4 Å². The third-order valence-electron chi connectivity index (χ3n) is 2.21. The highest BCUT2D eigenvalue weighted by atomic mass is 127. The van der Waals surface area contributed by atoms with E-state index in [1.54, 1.807) is 6.07 Å². The van der Waals surface area contributed by atoms with E-state index in [1.807, 2.05) is 18.2 Å². The number of hydrogen-bond donors (Lipinski definition) is 2. The second-order valence-corrected chi connectivity index (χ2v) is 5.50. The summed E-state index contributed by atoms with van der Waals surface area (Å²) in [5.74, 6) is -0.336. The molecule has 0 aliphatic rings. The Morgan fingerprint density at radius 1 is 1.18 bits per heavy atom. The van der Waals surface area contributed by atoms with Gasteiger partial charge in [0.05, 0.1) is 11.4 Å². The minimum atomic E-state index is -0.336. The zero-order valence-electron chi connectivity index (χ0n) is 8.68. The number of nitrogen functional groups attached to an aromatic ring is 1. The van der Waals surface area contributed by atoms with Crippen molar-refractivity contribution in [3.63, 3.8) is 0 Å². The number of anilines is 3. The van der Waals surface area contributed by atoms with E-state index in [1.165, 1.54) is 12.1 Å². The molecule has 0 bridgehead atoms. The van der Waals surface area contributed by atoms with E-state index in [4.69, 9.17) is 5.73 Å². The lowest BCUT2D eigenvalue weighted by Crippen LogP contribution is -1.97. The number of nitrogens with two attached hydrogens (primary N) is 1. The van der Waals surface area contributed by atoms with E-state index in [2.05, 4.69) is 43.8 Å². The lowest BCUT2D eigenvalue weighted by molar-refractivity contribution is 0.628. The molecular formula is C12H9BrFIN2.